The van der Waals surface area contributed by atoms with Crippen LogP contribution in [0.5, 0.6) is 0 Å². The summed E-state index contributed by atoms with van der Waals surface area (Å²) in [7, 11) is 0. The number of carbonyl (C=O) groups excluding carboxylic acids is 2. The van der Waals surface area contributed by atoms with Crippen LogP contribution in [0.1, 0.15) is 47.5 Å². The second kappa shape index (κ2) is 8.95. The summed E-state index contributed by atoms with van der Waals surface area (Å²) in [5.74, 6) is 0.948. The second-order valence-corrected chi connectivity index (χ2v) is 5.61. The number of hydrogen-bond donors (Lipinski definition) is 2. The van der Waals surface area contributed by atoms with Crippen molar-refractivity contribution in [3.8, 4) is 0 Å². The van der Waals surface area contributed by atoms with Crippen molar-refractivity contribution in [2.45, 2.75) is 47.5 Å². The Hall–Kier alpha value is -1.06. The highest BCUT2D eigenvalue weighted by Crippen LogP contribution is 2.08. The Bertz CT molecular complexity index is 263. The molecule has 106 valence electrons. The number of hydrogen-bond acceptors (Lipinski definition) is 2. The minimum absolute atomic E-state index is 0.00555. The van der Waals surface area contributed by atoms with Gasteiger partial charge in [-0.3, -0.25) is 9.59 Å². The summed E-state index contributed by atoms with van der Waals surface area (Å²) >= 11 is 0. The number of nitrogens with one attached hydrogen (secondary N) is 2. The van der Waals surface area contributed by atoms with Gasteiger partial charge in [0.25, 0.3) is 0 Å². The topological polar surface area (TPSA) is 58.2 Å². The van der Waals surface area contributed by atoms with E-state index < -0.39 is 0 Å². The van der Waals surface area contributed by atoms with E-state index in [1.807, 2.05) is 20.8 Å². The molecular formula is C14H28N2O2. The van der Waals surface area contributed by atoms with Crippen LogP contribution in [-0.4, -0.2) is 24.9 Å². The summed E-state index contributed by atoms with van der Waals surface area (Å²) in [6.45, 7) is 11.3. The highest BCUT2D eigenvalue weighted by atomic mass is 16.2. The molecule has 0 radical (unpaired) electrons. The van der Waals surface area contributed by atoms with Crippen LogP contribution in [0.2, 0.25) is 0 Å². The van der Waals surface area contributed by atoms with Gasteiger partial charge in [-0.25, -0.2) is 0 Å². The Morgan fingerprint density at radius 3 is 2.06 bits per heavy atom. The molecule has 0 aromatic heterocycles. The molecule has 0 aliphatic heterocycles. The fraction of sp³-hybridized carbons (Fsp3) is 0.857. The number of rotatable bonds is 8. The number of amides is 2. The van der Waals surface area contributed by atoms with E-state index in [1.54, 1.807) is 0 Å². The molecule has 2 N–H and O–H groups in total. The van der Waals surface area contributed by atoms with Gasteiger partial charge >= 0.3 is 0 Å². The van der Waals surface area contributed by atoms with Gasteiger partial charge in [0.2, 0.25) is 11.8 Å². The molecule has 1 atom stereocenters. The zero-order valence-corrected chi connectivity index (χ0v) is 12.4. The van der Waals surface area contributed by atoms with Crippen molar-refractivity contribution in [3.63, 3.8) is 0 Å². The normalized spacial score (nSPS) is 12.6. The third kappa shape index (κ3) is 8.09. The average molecular weight is 256 g/mol. The molecular weight excluding hydrogens is 228 g/mol. The van der Waals surface area contributed by atoms with Gasteiger partial charge in [-0.1, -0.05) is 34.6 Å². The van der Waals surface area contributed by atoms with Crippen LogP contribution in [0.25, 0.3) is 0 Å². The summed E-state index contributed by atoms with van der Waals surface area (Å²) in [5, 5.41) is 5.64. The smallest absolute Gasteiger partial charge is 0.223 e. The fourth-order valence-corrected chi connectivity index (χ4v) is 1.35. The largest absolute Gasteiger partial charge is 0.356 e. The Morgan fingerprint density at radius 2 is 1.56 bits per heavy atom. The fourth-order valence-electron chi connectivity index (χ4n) is 1.35. The van der Waals surface area contributed by atoms with Crippen LogP contribution in [-0.2, 0) is 9.59 Å². The van der Waals surface area contributed by atoms with E-state index in [0.717, 1.165) is 6.42 Å². The Kier molecular flexibility index (Phi) is 8.42. The van der Waals surface area contributed by atoms with Crippen molar-refractivity contribution < 1.29 is 9.59 Å². The SMILES string of the molecule is CC(C)CCNC(=O)CCNC(=O)[C@@H](C)C(C)C. The van der Waals surface area contributed by atoms with Crippen LogP contribution in [0.4, 0.5) is 0 Å². The van der Waals surface area contributed by atoms with Crippen LogP contribution in [0.15, 0.2) is 0 Å². The minimum Gasteiger partial charge on any atom is -0.356 e. The van der Waals surface area contributed by atoms with Crippen molar-refractivity contribution >= 4 is 11.8 Å². The maximum absolute atomic E-state index is 11.6. The van der Waals surface area contributed by atoms with Gasteiger partial charge in [0.1, 0.15) is 0 Å². The van der Waals surface area contributed by atoms with Gasteiger partial charge in [-0.15, -0.1) is 0 Å². The molecule has 0 bridgehead atoms. The van der Waals surface area contributed by atoms with E-state index in [9.17, 15) is 9.59 Å². The van der Waals surface area contributed by atoms with Crippen LogP contribution in [0, 0.1) is 17.8 Å². The van der Waals surface area contributed by atoms with Crippen molar-refractivity contribution in [2.75, 3.05) is 13.1 Å². The molecule has 0 rings (SSSR count). The van der Waals surface area contributed by atoms with Gasteiger partial charge in [-0.2, -0.15) is 0 Å². The zero-order chi connectivity index (χ0) is 14.1. The summed E-state index contributed by atoms with van der Waals surface area (Å²) < 4.78 is 0. The Balaban J connectivity index is 3.65. The molecule has 0 saturated carbocycles. The average Bonchev–Trinajstić information content (AvgIpc) is 2.27. The minimum atomic E-state index is -0.00555. The van der Waals surface area contributed by atoms with Crippen molar-refractivity contribution in [1.29, 1.82) is 0 Å². The first-order valence-electron chi connectivity index (χ1n) is 6.89. The molecule has 18 heavy (non-hydrogen) atoms. The zero-order valence-electron chi connectivity index (χ0n) is 12.4. The third-order valence-corrected chi connectivity index (χ3v) is 3.11. The quantitative estimate of drug-likeness (QED) is 0.697. The summed E-state index contributed by atoms with van der Waals surface area (Å²) in [4.78, 5) is 23.1. The third-order valence-electron chi connectivity index (χ3n) is 3.11. The lowest BCUT2D eigenvalue weighted by molar-refractivity contribution is -0.126. The van der Waals surface area contributed by atoms with E-state index in [2.05, 4.69) is 24.5 Å². The van der Waals surface area contributed by atoms with Gasteiger partial charge in [0.05, 0.1) is 0 Å². The highest BCUT2D eigenvalue weighted by molar-refractivity contribution is 5.80. The van der Waals surface area contributed by atoms with Crippen LogP contribution < -0.4 is 10.6 Å². The molecule has 4 heteroatoms. The Labute approximate surface area is 111 Å². The molecule has 2 amide bonds. The van der Waals surface area contributed by atoms with Crippen LogP contribution >= 0.6 is 0 Å². The molecule has 4 nitrogen and oxygen atoms in total. The maximum atomic E-state index is 11.6. The first-order valence-corrected chi connectivity index (χ1v) is 6.89. The molecule has 0 aromatic rings. The highest BCUT2D eigenvalue weighted by Gasteiger charge is 2.16. The van der Waals surface area contributed by atoms with E-state index in [-0.39, 0.29) is 17.7 Å². The number of carbonyl (C=O) groups is 2. The molecule has 0 unspecified atom stereocenters. The molecule has 0 saturated heterocycles. The van der Waals surface area contributed by atoms with Gasteiger partial charge in [0, 0.05) is 25.4 Å². The van der Waals surface area contributed by atoms with Crippen molar-refractivity contribution in [2.24, 2.45) is 17.8 Å². The second-order valence-electron chi connectivity index (χ2n) is 5.61. The van der Waals surface area contributed by atoms with Crippen molar-refractivity contribution in [1.82, 2.24) is 10.6 Å². The summed E-state index contributed by atoms with van der Waals surface area (Å²) in [5.41, 5.74) is 0. The molecule has 0 fully saturated rings. The monoisotopic (exact) mass is 256 g/mol. The van der Waals surface area contributed by atoms with Gasteiger partial charge in [0.15, 0.2) is 0 Å². The lowest BCUT2D eigenvalue weighted by Gasteiger charge is -2.15. The molecule has 0 heterocycles. The standard InChI is InChI=1S/C14H28N2O2/c1-10(2)6-8-15-13(17)7-9-16-14(18)12(5)11(3)4/h10-12H,6-9H2,1-5H3,(H,15,17)(H,16,18)/t12-/m0/s1. The summed E-state index contributed by atoms with van der Waals surface area (Å²) in [6, 6.07) is 0. The maximum Gasteiger partial charge on any atom is 0.223 e. The predicted octanol–water partition coefficient (Wildman–Crippen LogP) is 1.95. The first kappa shape index (κ1) is 16.9. The van der Waals surface area contributed by atoms with Crippen molar-refractivity contribution in [3.05, 3.63) is 0 Å². The molecule has 0 aromatic carbocycles. The summed E-state index contributed by atoms with van der Waals surface area (Å²) in [6.07, 6.45) is 1.34. The van der Waals surface area contributed by atoms with E-state index in [1.165, 1.54) is 0 Å². The van der Waals surface area contributed by atoms with E-state index in [4.69, 9.17) is 0 Å². The van der Waals surface area contributed by atoms with E-state index in [0.29, 0.717) is 31.3 Å². The van der Waals surface area contributed by atoms with Crippen LogP contribution in [0.3, 0.4) is 0 Å². The first-order chi connectivity index (χ1) is 8.34. The lowest BCUT2D eigenvalue weighted by atomic mass is 9.97. The van der Waals surface area contributed by atoms with Gasteiger partial charge in [-0.05, 0) is 18.3 Å². The molecule has 0 spiro atoms. The Morgan fingerprint density at radius 1 is 0.944 bits per heavy atom. The molecule has 0 aliphatic rings. The lowest BCUT2D eigenvalue weighted by Crippen LogP contribution is -2.35. The predicted molar refractivity (Wildman–Crippen MR) is 74.1 cm³/mol. The molecule has 0 aliphatic carbocycles. The van der Waals surface area contributed by atoms with Gasteiger partial charge < -0.3 is 10.6 Å². The van der Waals surface area contributed by atoms with E-state index >= 15 is 0 Å².